The predicted octanol–water partition coefficient (Wildman–Crippen LogP) is 3.69. The Morgan fingerprint density at radius 2 is 2.19 bits per heavy atom. The molecule has 0 radical (unpaired) electrons. The summed E-state index contributed by atoms with van der Waals surface area (Å²) >= 11 is 1.55. The summed E-state index contributed by atoms with van der Waals surface area (Å²) < 4.78 is 7.46. The van der Waals surface area contributed by atoms with Gasteiger partial charge in [-0.3, -0.25) is 4.79 Å². The number of ether oxygens (including phenoxy) is 1. The van der Waals surface area contributed by atoms with Gasteiger partial charge in [0, 0.05) is 22.8 Å². The topological polar surface area (TPSA) is 50.9 Å². The highest BCUT2D eigenvalue weighted by molar-refractivity contribution is 7.15. The molecule has 0 saturated heterocycles. The number of carbonyl (C=O) groups is 1. The fraction of sp³-hybridized carbons (Fsp3) is 0.188. The number of rotatable bonds is 5. The third-order valence-electron chi connectivity index (χ3n) is 3.22. The molecule has 0 atom stereocenters. The maximum absolute atomic E-state index is 10.9. The molecule has 108 valence electrons. The Hall–Kier alpha value is -2.27. The van der Waals surface area contributed by atoms with Gasteiger partial charge in [0.05, 0.1) is 17.9 Å². The fourth-order valence-corrected chi connectivity index (χ4v) is 3.25. The fourth-order valence-electron chi connectivity index (χ4n) is 2.31. The number of hydrogen-bond acceptors (Lipinski definition) is 3. The van der Waals surface area contributed by atoms with Crippen LogP contribution in [0.25, 0.3) is 16.0 Å². The molecule has 0 bridgehead atoms. The van der Waals surface area contributed by atoms with Crippen LogP contribution in [-0.4, -0.2) is 22.1 Å². The molecular formula is C16H15NO3S. The van der Waals surface area contributed by atoms with Crippen molar-refractivity contribution in [3.8, 4) is 16.9 Å². The number of aliphatic carboxylic acids is 1. The van der Waals surface area contributed by atoms with E-state index in [0.717, 1.165) is 27.4 Å². The van der Waals surface area contributed by atoms with Gasteiger partial charge in [0.1, 0.15) is 5.75 Å². The summed E-state index contributed by atoms with van der Waals surface area (Å²) in [5, 5.41) is 10.8. The first-order valence-corrected chi connectivity index (χ1v) is 7.59. The molecule has 2 heterocycles. The van der Waals surface area contributed by atoms with E-state index in [9.17, 15) is 4.79 Å². The molecule has 2 aromatic heterocycles. The van der Waals surface area contributed by atoms with Gasteiger partial charge in [-0.2, -0.15) is 0 Å². The lowest BCUT2D eigenvalue weighted by atomic mass is 10.1. The smallest absolute Gasteiger partial charge is 0.309 e. The van der Waals surface area contributed by atoms with Crippen LogP contribution in [0.15, 0.2) is 41.9 Å². The van der Waals surface area contributed by atoms with Gasteiger partial charge in [0.25, 0.3) is 0 Å². The van der Waals surface area contributed by atoms with E-state index < -0.39 is 5.97 Å². The average Bonchev–Trinajstić information content (AvgIpc) is 3.01. The number of fused-ring (bicyclic) bond motifs is 1. The highest BCUT2D eigenvalue weighted by Crippen LogP contribution is 2.29. The molecule has 0 aliphatic carbocycles. The van der Waals surface area contributed by atoms with E-state index in [1.54, 1.807) is 11.3 Å². The number of nitrogens with zero attached hydrogens (tertiary/aromatic N) is 1. The van der Waals surface area contributed by atoms with Crippen LogP contribution in [0.1, 0.15) is 12.6 Å². The average molecular weight is 301 g/mol. The predicted molar refractivity (Wildman–Crippen MR) is 83.2 cm³/mol. The van der Waals surface area contributed by atoms with Crippen LogP contribution >= 0.6 is 11.3 Å². The second kappa shape index (κ2) is 5.61. The molecule has 21 heavy (non-hydrogen) atoms. The van der Waals surface area contributed by atoms with Gasteiger partial charge in [-0.05, 0) is 30.7 Å². The number of hydrogen-bond donors (Lipinski definition) is 1. The van der Waals surface area contributed by atoms with E-state index in [4.69, 9.17) is 9.84 Å². The zero-order valence-electron chi connectivity index (χ0n) is 11.6. The van der Waals surface area contributed by atoms with Crippen molar-refractivity contribution in [1.82, 2.24) is 4.40 Å². The van der Waals surface area contributed by atoms with Crippen LogP contribution < -0.4 is 4.74 Å². The summed E-state index contributed by atoms with van der Waals surface area (Å²) in [5.74, 6) is 0.0265. The monoisotopic (exact) mass is 301 g/mol. The van der Waals surface area contributed by atoms with Crippen LogP contribution in [0.3, 0.4) is 0 Å². The first-order valence-electron chi connectivity index (χ1n) is 6.71. The minimum atomic E-state index is -0.816. The molecule has 5 heteroatoms. The van der Waals surface area contributed by atoms with E-state index in [1.165, 1.54) is 0 Å². The van der Waals surface area contributed by atoms with Crippen molar-refractivity contribution in [3.63, 3.8) is 0 Å². The third kappa shape index (κ3) is 2.78. The zero-order chi connectivity index (χ0) is 14.8. The number of carboxylic acids is 1. The van der Waals surface area contributed by atoms with Crippen LogP contribution in [0, 0.1) is 0 Å². The van der Waals surface area contributed by atoms with Crippen molar-refractivity contribution < 1.29 is 14.6 Å². The Labute approximate surface area is 126 Å². The van der Waals surface area contributed by atoms with E-state index >= 15 is 0 Å². The van der Waals surface area contributed by atoms with Gasteiger partial charge in [-0.15, -0.1) is 11.3 Å². The second-order valence-corrected chi connectivity index (χ2v) is 5.59. The van der Waals surface area contributed by atoms with Gasteiger partial charge in [-0.1, -0.05) is 12.1 Å². The standard InChI is InChI=1S/C16H15NO3S/c1-2-20-14-5-3-4-11(6-14)12-7-15-17(9-12)13(10-21-15)8-16(18)19/h3-7,9-10H,2,8H2,1H3,(H,18,19). The summed E-state index contributed by atoms with van der Waals surface area (Å²) in [5.41, 5.74) is 2.93. The SMILES string of the molecule is CCOc1cccc(-c2cc3scc(CC(=O)O)n3c2)c1. The minimum Gasteiger partial charge on any atom is -0.494 e. The molecule has 0 fully saturated rings. The van der Waals surface area contributed by atoms with Crippen LogP contribution in [0.5, 0.6) is 5.75 Å². The zero-order valence-corrected chi connectivity index (χ0v) is 12.4. The molecule has 0 spiro atoms. The van der Waals surface area contributed by atoms with Crippen molar-refractivity contribution in [3.05, 3.63) is 47.6 Å². The highest BCUT2D eigenvalue weighted by Gasteiger charge is 2.10. The van der Waals surface area contributed by atoms with E-state index in [0.29, 0.717) is 6.61 Å². The van der Waals surface area contributed by atoms with Gasteiger partial charge in [0.15, 0.2) is 0 Å². The second-order valence-electron chi connectivity index (χ2n) is 4.70. The molecule has 0 saturated carbocycles. The molecule has 0 aliphatic heterocycles. The van der Waals surface area contributed by atoms with Gasteiger partial charge >= 0.3 is 5.97 Å². The molecule has 4 nitrogen and oxygen atoms in total. The van der Waals surface area contributed by atoms with E-state index in [-0.39, 0.29) is 6.42 Å². The maximum atomic E-state index is 10.9. The summed E-state index contributed by atoms with van der Waals surface area (Å²) in [6.07, 6.45) is 2.02. The Balaban J connectivity index is 1.99. The number of thiazole rings is 1. The maximum Gasteiger partial charge on any atom is 0.309 e. The molecule has 0 unspecified atom stereocenters. The quantitative estimate of drug-likeness (QED) is 0.782. The number of benzene rings is 1. The molecule has 3 rings (SSSR count). The number of carboxylic acid groups (broad SMARTS) is 1. The van der Waals surface area contributed by atoms with Crippen LogP contribution in [-0.2, 0) is 11.2 Å². The Bertz CT molecular complexity index is 788. The molecule has 3 aromatic rings. The van der Waals surface area contributed by atoms with Crippen molar-refractivity contribution in [2.24, 2.45) is 0 Å². The minimum absolute atomic E-state index is 0.0348. The van der Waals surface area contributed by atoms with Crippen LogP contribution in [0.2, 0.25) is 0 Å². The Morgan fingerprint density at radius 3 is 2.95 bits per heavy atom. The largest absolute Gasteiger partial charge is 0.494 e. The third-order valence-corrected chi connectivity index (χ3v) is 4.17. The summed E-state index contributed by atoms with van der Waals surface area (Å²) in [7, 11) is 0. The first-order chi connectivity index (χ1) is 10.2. The summed E-state index contributed by atoms with van der Waals surface area (Å²) in [4.78, 5) is 11.9. The number of aromatic nitrogens is 1. The van der Waals surface area contributed by atoms with Crippen molar-refractivity contribution in [1.29, 1.82) is 0 Å². The highest BCUT2D eigenvalue weighted by atomic mass is 32.1. The van der Waals surface area contributed by atoms with E-state index in [2.05, 4.69) is 6.07 Å². The Kier molecular flexibility index (Phi) is 3.66. The summed E-state index contributed by atoms with van der Waals surface area (Å²) in [6, 6.07) is 9.99. The molecule has 0 aliphatic rings. The van der Waals surface area contributed by atoms with Gasteiger partial charge in [0.2, 0.25) is 0 Å². The van der Waals surface area contributed by atoms with Crippen LogP contribution in [0.4, 0.5) is 0 Å². The van der Waals surface area contributed by atoms with Crippen molar-refractivity contribution >= 4 is 22.1 Å². The van der Waals surface area contributed by atoms with E-state index in [1.807, 2.05) is 47.2 Å². The lowest BCUT2D eigenvalue weighted by Crippen LogP contribution is -2.01. The Morgan fingerprint density at radius 1 is 1.33 bits per heavy atom. The van der Waals surface area contributed by atoms with Crippen molar-refractivity contribution in [2.75, 3.05) is 6.61 Å². The normalized spacial score (nSPS) is 10.9. The summed E-state index contributed by atoms with van der Waals surface area (Å²) in [6.45, 7) is 2.59. The van der Waals surface area contributed by atoms with Gasteiger partial charge < -0.3 is 14.2 Å². The molecule has 1 aromatic carbocycles. The molecule has 0 amide bonds. The lowest BCUT2D eigenvalue weighted by Gasteiger charge is -2.04. The first kappa shape index (κ1) is 13.7. The molecular weight excluding hydrogens is 286 g/mol. The van der Waals surface area contributed by atoms with Gasteiger partial charge in [-0.25, -0.2) is 0 Å². The molecule has 1 N–H and O–H groups in total. The van der Waals surface area contributed by atoms with Crippen molar-refractivity contribution in [2.45, 2.75) is 13.3 Å². The lowest BCUT2D eigenvalue weighted by molar-refractivity contribution is -0.136.